The van der Waals surface area contributed by atoms with Crippen molar-refractivity contribution in [2.24, 2.45) is 7.05 Å². The Labute approximate surface area is 78.8 Å². The second-order valence-electron chi connectivity index (χ2n) is 1.81. The van der Waals surface area contributed by atoms with Crippen LogP contribution in [-0.4, -0.2) is 14.5 Å². The molecule has 0 unspecified atom stereocenters. The Balaban J connectivity index is 3.29. The van der Waals surface area contributed by atoms with Crippen LogP contribution in [0.5, 0.6) is 0 Å². The van der Waals surface area contributed by atoms with E-state index in [0.717, 1.165) is 0 Å². The maximum Gasteiger partial charge on any atom is 0.397 e. The first kappa shape index (κ1) is 8.66. The van der Waals surface area contributed by atoms with Crippen LogP contribution in [0.3, 0.4) is 0 Å². The van der Waals surface area contributed by atoms with E-state index in [2.05, 4.69) is 36.8 Å². The molecule has 0 radical (unpaired) electrons. The van der Waals surface area contributed by atoms with E-state index in [1.54, 1.807) is 7.05 Å². The van der Waals surface area contributed by atoms with Gasteiger partial charge < -0.3 is 10.1 Å². The van der Waals surface area contributed by atoms with Crippen molar-refractivity contribution in [3.05, 3.63) is 19.5 Å². The lowest BCUT2D eigenvalue weighted by atomic mass is 10.8. The number of imidazole rings is 1. The summed E-state index contributed by atoms with van der Waals surface area (Å²) in [5.41, 5.74) is 0. The van der Waals surface area contributed by atoms with Crippen LogP contribution >= 0.6 is 31.9 Å². The average Bonchev–Trinajstić information content (AvgIpc) is 2.17. The van der Waals surface area contributed by atoms with Crippen molar-refractivity contribution in [3.63, 3.8) is 0 Å². The second-order valence-corrected chi connectivity index (χ2v) is 3.27. The number of hydrogen-bond donors (Lipinski definition) is 0. The minimum Gasteiger partial charge on any atom is -0.358 e. The highest BCUT2D eigenvalue weighted by molar-refractivity contribution is 9.11. The highest BCUT2D eigenvalue weighted by Crippen LogP contribution is 2.26. The fourth-order valence-corrected chi connectivity index (χ4v) is 1.54. The molecule has 1 aromatic rings. The van der Waals surface area contributed by atoms with Crippen molar-refractivity contribution in [3.8, 4) is 0 Å². The number of rotatable bonds is 1. The van der Waals surface area contributed by atoms with Gasteiger partial charge in [-0.2, -0.15) is 0 Å². The van der Waals surface area contributed by atoms with Crippen molar-refractivity contribution in [1.29, 1.82) is 0 Å². The Morgan fingerprint density at radius 1 is 1.64 bits per heavy atom. The van der Waals surface area contributed by atoms with E-state index in [0.29, 0.717) is 9.34 Å². The SMILES string of the molecule is Cn1c(Br)nc([N+](=O)[O-])c1Br. The smallest absolute Gasteiger partial charge is 0.358 e. The number of halogens is 2. The minimum absolute atomic E-state index is 0.181. The van der Waals surface area contributed by atoms with Gasteiger partial charge in [0.05, 0.1) is 0 Å². The summed E-state index contributed by atoms with van der Waals surface area (Å²) < 4.78 is 2.31. The summed E-state index contributed by atoms with van der Waals surface area (Å²) in [5.74, 6) is -0.181. The van der Waals surface area contributed by atoms with Gasteiger partial charge in [0, 0.05) is 23.0 Å². The van der Waals surface area contributed by atoms with E-state index >= 15 is 0 Å². The van der Waals surface area contributed by atoms with Gasteiger partial charge in [-0.15, -0.1) is 0 Å². The van der Waals surface area contributed by atoms with Gasteiger partial charge in [-0.3, -0.25) is 4.57 Å². The van der Waals surface area contributed by atoms with Crippen molar-refractivity contribution in [2.45, 2.75) is 0 Å². The highest BCUT2D eigenvalue weighted by Gasteiger charge is 2.21. The predicted molar refractivity (Wildman–Crippen MR) is 45.3 cm³/mol. The Hall–Kier alpha value is -0.430. The summed E-state index contributed by atoms with van der Waals surface area (Å²) in [6, 6.07) is 0. The molecule has 0 aliphatic rings. The molecule has 0 aliphatic heterocycles. The van der Waals surface area contributed by atoms with E-state index < -0.39 is 4.92 Å². The zero-order chi connectivity index (χ0) is 8.59. The molecule has 0 aromatic carbocycles. The van der Waals surface area contributed by atoms with Gasteiger partial charge in [0.1, 0.15) is 0 Å². The van der Waals surface area contributed by atoms with E-state index in [1.165, 1.54) is 4.57 Å². The van der Waals surface area contributed by atoms with Crippen LogP contribution in [-0.2, 0) is 7.05 Å². The lowest BCUT2D eigenvalue weighted by Crippen LogP contribution is -1.90. The molecule has 7 heteroatoms. The third kappa shape index (κ3) is 1.43. The zero-order valence-corrected chi connectivity index (χ0v) is 8.59. The van der Waals surface area contributed by atoms with Gasteiger partial charge in [0.25, 0.3) is 4.73 Å². The van der Waals surface area contributed by atoms with Gasteiger partial charge in [-0.25, -0.2) is 0 Å². The molecule has 0 saturated carbocycles. The molecule has 1 rings (SSSR count). The van der Waals surface area contributed by atoms with Crippen LogP contribution in [0.1, 0.15) is 0 Å². The van der Waals surface area contributed by atoms with Gasteiger partial charge >= 0.3 is 5.82 Å². The first-order valence-corrected chi connectivity index (χ1v) is 4.14. The molecule has 1 heterocycles. The molecule has 60 valence electrons. The van der Waals surface area contributed by atoms with Gasteiger partial charge in [-0.05, 0) is 25.8 Å². The summed E-state index contributed by atoms with van der Waals surface area (Å²) in [5, 5.41) is 10.3. The predicted octanol–water partition coefficient (Wildman–Crippen LogP) is 1.85. The molecule has 0 saturated heterocycles. The molecular formula is C4H3Br2N3O2. The van der Waals surface area contributed by atoms with Crippen LogP contribution in [0.15, 0.2) is 9.34 Å². The maximum atomic E-state index is 10.3. The van der Waals surface area contributed by atoms with Crippen LogP contribution in [0.4, 0.5) is 5.82 Å². The monoisotopic (exact) mass is 283 g/mol. The van der Waals surface area contributed by atoms with E-state index in [1.807, 2.05) is 0 Å². The Bertz CT molecular complexity index is 309. The van der Waals surface area contributed by atoms with Crippen molar-refractivity contribution in [2.75, 3.05) is 0 Å². The Morgan fingerprint density at radius 2 is 2.18 bits per heavy atom. The maximum absolute atomic E-state index is 10.3. The minimum atomic E-state index is -0.547. The average molecular weight is 285 g/mol. The van der Waals surface area contributed by atoms with Crippen LogP contribution in [0.2, 0.25) is 0 Å². The molecule has 0 fully saturated rings. The Morgan fingerprint density at radius 3 is 2.36 bits per heavy atom. The lowest BCUT2D eigenvalue weighted by Gasteiger charge is -1.89. The van der Waals surface area contributed by atoms with Gasteiger partial charge in [0.15, 0.2) is 4.60 Å². The fraction of sp³-hybridized carbons (Fsp3) is 0.250. The quantitative estimate of drug-likeness (QED) is 0.584. The third-order valence-electron chi connectivity index (χ3n) is 1.13. The molecule has 0 aliphatic carbocycles. The highest BCUT2D eigenvalue weighted by atomic mass is 79.9. The van der Waals surface area contributed by atoms with Crippen LogP contribution < -0.4 is 0 Å². The van der Waals surface area contributed by atoms with E-state index in [-0.39, 0.29) is 5.82 Å². The first-order chi connectivity index (χ1) is 5.04. The molecule has 0 bridgehead atoms. The zero-order valence-electron chi connectivity index (χ0n) is 5.41. The molecule has 5 nitrogen and oxygen atoms in total. The molecule has 0 amide bonds. The number of aromatic nitrogens is 2. The van der Waals surface area contributed by atoms with Crippen LogP contribution in [0.25, 0.3) is 0 Å². The summed E-state index contributed by atoms with van der Waals surface area (Å²) in [7, 11) is 1.66. The van der Waals surface area contributed by atoms with E-state index in [4.69, 9.17) is 0 Å². The molecule has 1 aromatic heterocycles. The molecule has 11 heavy (non-hydrogen) atoms. The summed E-state index contributed by atoms with van der Waals surface area (Å²) >= 11 is 6.08. The standard InChI is InChI=1S/C4H3Br2N3O2/c1-8-2(5)3(9(10)11)7-4(8)6/h1H3. The Kier molecular flexibility index (Phi) is 2.28. The van der Waals surface area contributed by atoms with Crippen molar-refractivity contribution in [1.82, 2.24) is 9.55 Å². The van der Waals surface area contributed by atoms with E-state index in [9.17, 15) is 10.1 Å². The molecule has 0 spiro atoms. The lowest BCUT2D eigenvalue weighted by molar-refractivity contribution is -0.390. The largest absolute Gasteiger partial charge is 0.397 e. The summed E-state index contributed by atoms with van der Waals surface area (Å²) in [6.45, 7) is 0. The van der Waals surface area contributed by atoms with Gasteiger partial charge in [-0.1, -0.05) is 0 Å². The number of nitro groups is 1. The normalized spacial score (nSPS) is 10.1. The van der Waals surface area contributed by atoms with Crippen molar-refractivity contribution >= 4 is 37.7 Å². The van der Waals surface area contributed by atoms with Crippen LogP contribution in [0, 0.1) is 10.1 Å². The third-order valence-corrected chi connectivity index (χ3v) is 2.72. The molecule has 0 atom stereocenters. The van der Waals surface area contributed by atoms with Crippen molar-refractivity contribution < 1.29 is 4.92 Å². The van der Waals surface area contributed by atoms with Gasteiger partial charge in [0.2, 0.25) is 0 Å². The number of hydrogen-bond acceptors (Lipinski definition) is 3. The topological polar surface area (TPSA) is 61.0 Å². The second kappa shape index (κ2) is 2.90. The summed E-state index contributed by atoms with van der Waals surface area (Å²) in [6.07, 6.45) is 0. The first-order valence-electron chi connectivity index (χ1n) is 2.56. The summed E-state index contributed by atoms with van der Waals surface area (Å²) in [4.78, 5) is 13.4. The molecule has 0 N–H and O–H groups in total. The fourth-order valence-electron chi connectivity index (χ4n) is 0.556. The number of nitrogens with zero attached hydrogens (tertiary/aromatic N) is 3. The molecular weight excluding hydrogens is 282 g/mol.